The zero-order valence-corrected chi connectivity index (χ0v) is 14.2. The molecule has 2 saturated heterocycles. The molecule has 2 aliphatic rings. The molecule has 4 nitrogen and oxygen atoms in total. The van der Waals surface area contributed by atoms with Crippen LogP contribution in [0, 0.1) is 0 Å². The topological polar surface area (TPSA) is 36.4 Å². The second-order valence-corrected chi connectivity index (χ2v) is 7.01. The maximum atomic E-state index is 12.8. The summed E-state index contributed by atoms with van der Waals surface area (Å²) in [5.74, 6) is 0.0813. The minimum Gasteiger partial charge on any atom is -0.337 e. The largest absolute Gasteiger partial charge is 0.337 e. The quantitative estimate of drug-likeness (QED) is 0.850. The molecule has 0 saturated carbocycles. The molecular formula is C20H25N3O. The molecule has 1 amide bonds. The van der Waals surface area contributed by atoms with Gasteiger partial charge in [0.1, 0.15) is 5.69 Å². The molecule has 0 radical (unpaired) electrons. The van der Waals surface area contributed by atoms with Gasteiger partial charge in [-0.25, -0.2) is 4.98 Å². The van der Waals surface area contributed by atoms with Crippen LogP contribution in [0.15, 0.2) is 36.4 Å². The smallest absolute Gasteiger partial charge is 0.272 e. The van der Waals surface area contributed by atoms with E-state index in [0.29, 0.717) is 11.7 Å². The molecule has 126 valence electrons. The van der Waals surface area contributed by atoms with Crippen LogP contribution in [0.3, 0.4) is 0 Å². The van der Waals surface area contributed by atoms with E-state index in [2.05, 4.69) is 9.88 Å². The highest BCUT2D eigenvalue weighted by atomic mass is 16.2. The van der Waals surface area contributed by atoms with Gasteiger partial charge in [-0.15, -0.1) is 0 Å². The number of likely N-dealkylation sites (tertiary alicyclic amines) is 2. The minimum absolute atomic E-state index is 0.0813. The Hall–Kier alpha value is -1.94. The highest BCUT2D eigenvalue weighted by Gasteiger charge is 2.28. The number of carbonyl (C=O) groups excluding carboxylic acids is 1. The Morgan fingerprint density at radius 2 is 1.67 bits per heavy atom. The van der Waals surface area contributed by atoms with Crippen molar-refractivity contribution >= 4 is 16.8 Å². The van der Waals surface area contributed by atoms with Crippen molar-refractivity contribution in [2.45, 2.75) is 38.1 Å². The molecule has 0 atom stereocenters. The Balaban J connectivity index is 1.41. The molecule has 1 aromatic heterocycles. The molecule has 3 heterocycles. The Labute approximate surface area is 143 Å². The fraction of sp³-hybridized carbons (Fsp3) is 0.500. The van der Waals surface area contributed by atoms with Gasteiger partial charge in [0.15, 0.2) is 0 Å². The van der Waals surface area contributed by atoms with Gasteiger partial charge in [0, 0.05) is 24.5 Å². The number of rotatable bonds is 2. The van der Waals surface area contributed by atoms with E-state index in [-0.39, 0.29) is 5.91 Å². The summed E-state index contributed by atoms with van der Waals surface area (Å²) in [6, 6.07) is 12.5. The molecule has 2 aromatic rings. The van der Waals surface area contributed by atoms with Crippen molar-refractivity contribution in [3.63, 3.8) is 0 Å². The van der Waals surface area contributed by atoms with Gasteiger partial charge in [0.05, 0.1) is 5.52 Å². The van der Waals surface area contributed by atoms with Crippen molar-refractivity contribution < 1.29 is 4.79 Å². The van der Waals surface area contributed by atoms with Gasteiger partial charge in [0.25, 0.3) is 5.91 Å². The van der Waals surface area contributed by atoms with Crippen molar-refractivity contribution in [3.8, 4) is 0 Å². The first-order valence-electron chi connectivity index (χ1n) is 9.20. The summed E-state index contributed by atoms with van der Waals surface area (Å²) in [6.45, 7) is 4.19. The van der Waals surface area contributed by atoms with Crippen molar-refractivity contribution in [2.24, 2.45) is 0 Å². The number of fused-ring (bicyclic) bond motifs is 1. The molecule has 4 rings (SSSR count). The van der Waals surface area contributed by atoms with Crippen LogP contribution in [0.4, 0.5) is 0 Å². The lowest BCUT2D eigenvalue weighted by Crippen LogP contribution is -2.48. The first-order chi connectivity index (χ1) is 11.8. The maximum Gasteiger partial charge on any atom is 0.272 e. The predicted molar refractivity (Wildman–Crippen MR) is 96.1 cm³/mol. The summed E-state index contributed by atoms with van der Waals surface area (Å²) in [7, 11) is 0. The molecule has 2 aliphatic heterocycles. The van der Waals surface area contributed by atoms with E-state index >= 15 is 0 Å². The average Bonchev–Trinajstić information content (AvgIpc) is 2.68. The van der Waals surface area contributed by atoms with Gasteiger partial charge in [-0.2, -0.15) is 0 Å². The van der Waals surface area contributed by atoms with Crippen molar-refractivity contribution in [1.29, 1.82) is 0 Å². The number of benzene rings is 1. The van der Waals surface area contributed by atoms with E-state index < -0.39 is 0 Å². The maximum absolute atomic E-state index is 12.8. The monoisotopic (exact) mass is 323 g/mol. The number of para-hydroxylation sites is 1. The number of hydrogen-bond acceptors (Lipinski definition) is 3. The second-order valence-electron chi connectivity index (χ2n) is 7.01. The predicted octanol–water partition coefficient (Wildman–Crippen LogP) is 3.33. The van der Waals surface area contributed by atoms with Gasteiger partial charge >= 0.3 is 0 Å². The number of hydrogen-bond donors (Lipinski definition) is 0. The number of pyridine rings is 1. The van der Waals surface area contributed by atoms with Crippen LogP contribution in [0.25, 0.3) is 10.9 Å². The zero-order chi connectivity index (χ0) is 16.4. The summed E-state index contributed by atoms with van der Waals surface area (Å²) < 4.78 is 0. The molecular weight excluding hydrogens is 298 g/mol. The van der Waals surface area contributed by atoms with Crippen molar-refractivity contribution in [2.75, 3.05) is 26.2 Å². The lowest BCUT2D eigenvalue weighted by molar-refractivity contribution is 0.0585. The third-order valence-corrected chi connectivity index (χ3v) is 5.48. The number of piperidine rings is 2. The highest BCUT2D eigenvalue weighted by Crippen LogP contribution is 2.22. The lowest BCUT2D eigenvalue weighted by atomic mass is 9.99. The highest BCUT2D eigenvalue weighted by molar-refractivity contribution is 5.94. The normalized spacial score (nSPS) is 20.4. The van der Waals surface area contributed by atoms with Crippen molar-refractivity contribution in [1.82, 2.24) is 14.8 Å². The molecule has 1 aromatic carbocycles. The summed E-state index contributed by atoms with van der Waals surface area (Å²) in [5.41, 5.74) is 1.47. The number of amides is 1. The fourth-order valence-corrected chi connectivity index (χ4v) is 4.06. The van der Waals surface area contributed by atoms with Gasteiger partial charge in [-0.1, -0.05) is 30.7 Å². The van der Waals surface area contributed by atoms with Crippen LogP contribution in [0.2, 0.25) is 0 Å². The third-order valence-electron chi connectivity index (χ3n) is 5.48. The van der Waals surface area contributed by atoms with E-state index in [4.69, 9.17) is 0 Å². The molecule has 2 fully saturated rings. The molecule has 0 aliphatic carbocycles. The number of nitrogens with zero attached hydrogens (tertiary/aromatic N) is 3. The van der Waals surface area contributed by atoms with Crippen LogP contribution in [-0.4, -0.2) is 52.9 Å². The molecule has 0 unspecified atom stereocenters. The fourth-order valence-electron chi connectivity index (χ4n) is 4.06. The van der Waals surface area contributed by atoms with E-state index in [0.717, 1.165) is 36.8 Å². The van der Waals surface area contributed by atoms with Gasteiger partial charge < -0.3 is 9.80 Å². The zero-order valence-electron chi connectivity index (χ0n) is 14.2. The SMILES string of the molecule is O=C(c1ccc2ccccc2n1)N1CCC(N2CCCCC2)CC1. The molecule has 4 heteroatoms. The molecule has 0 N–H and O–H groups in total. The first kappa shape index (κ1) is 15.6. The Morgan fingerprint density at radius 1 is 0.917 bits per heavy atom. The number of aromatic nitrogens is 1. The summed E-state index contributed by atoms with van der Waals surface area (Å²) >= 11 is 0. The van der Waals surface area contributed by atoms with Crippen LogP contribution in [-0.2, 0) is 0 Å². The Bertz CT molecular complexity index is 716. The van der Waals surface area contributed by atoms with Crippen LogP contribution in [0.5, 0.6) is 0 Å². The molecule has 24 heavy (non-hydrogen) atoms. The molecule has 0 bridgehead atoms. The van der Waals surface area contributed by atoms with E-state index in [1.165, 1.54) is 32.4 Å². The van der Waals surface area contributed by atoms with E-state index in [1.807, 2.05) is 41.3 Å². The average molecular weight is 323 g/mol. The minimum atomic E-state index is 0.0813. The molecule has 0 spiro atoms. The van der Waals surface area contributed by atoms with E-state index in [1.54, 1.807) is 0 Å². The third kappa shape index (κ3) is 3.16. The lowest BCUT2D eigenvalue weighted by Gasteiger charge is -2.40. The van der Waals surface area contributed by atoms with Gasteiger partial charge in [-0.05, 0) is 50.9 Å². The summed E-state index contributed by atoms with van der Waals surface area (Å²) in [5, 5.41) is 1.08. The van der Waals surface area contributed by atoms with Gasteiger partial charge in [0.2, 0.25) is 0 Å². The van der Waals surface area contributed by atoms with Crippen LogP contribution >= 0.6 is 0 Å². The second kappa shape index (κ2) is 6.89. The van der Waals surface area contributed by atoms with E-state index in [9.17, 15) is 4.79 Å². The van der Waals surface area contributed by atoms with Crippen molar-refractivity contribution in [3.05, 3.63) is 42.1 Å². The first-order valence-corrected chi connectivity index (χ1v) is 9.20. The number of carbonyl (C=O) groups is 1. The van der Waals surface area contributed by atoms with Crippen LogP contribution in [0.1, 0.15) is 42.6 Å². The van der Waals surface area contributed by atoms with Crippen LogP contribution < -0.4 is 0 Å². The van der Waals surface area contributed by atoms with Gasteiger partial charge in [-0.3, -0.25) is 4.79 Å². The standard InChI is InChI=1S/C20H25N3O/c24-20(19-9-8-16-6-2-3-7-18(16)21-19)23-14-10-17(11-15-23)22-12-4-1-5-13-22/h2-3,6-9,17H,1,4-5,10-15H2. The summed E-state index contributed by atoms with van der Waals surface area (Å²) in [6.07, 6.45) is 6.24. The Kier molecular flexibility index (Phi) is 4.48. The Morgan fingerprint density at radius 3 is 2.46 bits per heavy atom. The summed E-state index contributed by atoms with van der Waals surface area (Å²) in [4.78, 5) is 22.0.